The highest BCUT2D eigenvalue weighted by molar-refractivity contribution is 6.00. The zero-order chi connectivity index (χ0) is 12.7. The van der Waals surface area contributed by atoms with Crippen molar-refractivity contribution in [1.29, 1.82) is 5.41 Å². The molecule has 0 aromatic carbocycles. The lowest BCUT2D eigenvalue weighted by Crippen LogP contribution is -2.09. The monoisotopic (exact) mass is 223 g/mol. The second kappa shape index (κ2) is 6.82. The van der Waals surface area contributed by atoms with Crippen LogP contribution in [0.2, 0.25) is 0 Å². The highest BCUT2D eigenvalue weighted by Gasteiger charge is 2.06. The number of nitrogen functional groups attached to an aromatic ring is 1. The lowest BCUT2D eigenvalue weighted by atomic mass is 10.1. The molecule has 0 aliphatic carbocycles. The fourth-order valence-corrected chi connectivity index (χ4v) is 1.08. The van der Waals surface area contributed by atoms with E-state index >= 15 is 0 Å². The lowest BCUT2D eigenvalue weighted by molar-refractivity contribution is 0.232. The van der Waals surface area contributed by atoms with Crippen molar-refractivity contribution < 1.29 is 4.74 Å². The first-order chi connectivity index (χ1) is 7.50. The Morgan fingerprint density at radius 2 is 2.00 bits per heavy atom. The highest BCUT2D eigenvalue weighted by atomic mass is 16.5. The minimum Gasteiger partial charge on any atom is -0.475 e. The van der Waals surface area contributed by atoms with Gasteiger partial charge in [-0.3, -0.25) is 0 Å². The molecule has 0 unspecified atom stereocenters. The maximum absolute atomic E-state index is 7.49. The summed E-state index contributed by atoms with van der Waals surface area (Å²) in [7, 11) is 0. The summed E-state index contributed by atoms with van der Waals surface area (Å²) in [5.41, 5.74) is 7.26. The zero-order valence-electron chi connectivity index (χ0n) is 10.7. The number of anilines is 1. The first-order valence-corrected chi connectivity index (χ1v) is 5.48. The Morgan fingerprint density at radius 3 is 2.44 bits per heavy atom. The number of nitrogens with two attached hydrogens (primary N) is 1. The Balaban J connectivity index is 0.00000106. The lowest BCUT2D eigenvalue weighted by Gasteiger charge is -2.10. The van der Waals surface area contributed by atoms with E-state index in [9.17, 15) is 0 Å². The molecule has 1 rings (SSSR count). The molecular weight excluding hydrogens is 202 g/mol. The van der Waals surface area contributed by atoms with E-state index in [1.165, 1.54) is 6.20 Å². The number of hydrogen-bond acceptors (Lipinski definition) is 4. The third kappa shape index (κ3) is 4.29. The van der Waals surface area contributed by atoms with E-state index in [0.717, 1.165) is 0 Å². The summed E-state index contributed by atoms with van der Waals surface area (Å²) in [4.78, 5) is 4.02. The summed E-state index contributed by atoms with van der Waals surface area (Å²) in [5.74, 6) is 0.510. The first-order valence-electron chi connectivity index (χ1n) is 5.48. The molecule has 0 saturated carbocycles. The van der Waals surface area contributed by atoms with Crippen LogP contribution in [-0.4, -0.2) is 16.8 Å². The fraction of sp³-hybridized carbons (Fsp3) is 0.500. The average molecular weight is 223 g/mol. The number of aromatic nitrogens is 1. The van der Waals surface area contributed by atoms with Crippen molar-refractivity contribution in [3.63, 3.8) is 0 Å². The largest absolute Gasteiger partial charge is 0.475 e. The van der Waals surface area contributed by atoms with Crippen molar-refractivity contribution in [3.8, 4) is 5.88 Å². The van der Waals surface area contributed by atoms with Crippen LogP contribution in [0, 0.1) is 5.41 Å². The maximum Gasteiger partial charge on any atom is 0.214 e. The van der Waals surface area contributed by atoms with Crippen molar-refractivity contribution in [2.45, 2.75) is 40.7 Å². The maximum atomic E-state index is 7.49. The van der Waals surface area contributed by atoms with Crippen molar-refractivity contribution in [1.82, 2.24) is 4.98 Å². The van der Waals surface area contributed by atoms with Crippen molar-refractivity contribution in [3.05, 3.63) is 17.8 Å². The third-order valence-corrected chi connectivity index (χ3v) is 1.67. The molecule has 0 fully saturated rings. The topological polar surface area (TPSA) is 72.0 Å². The van der Waals surface area contributed by atoms with E-state index in [1.54, 1.807) is 13.0 Å². The molecule has 0 atom stereocenters. The van der Waals surface area contributed by atoms with Crippen LogP contribution in [0.3, 0.4) is 0 Å². The van der Waals surface area contributed by atoms with Crippen molar-refractivity contribution >= 4 is 11.4 Å². The third-order valence-electron chi connectivity index (χ3n) is 1.67. The van der Waals surface area contributed by atoms with E-state index in [2.05, 4.69) is 4.98 Å². The molecule has 16 heavy (non-hydrogen) atoms. The number of nitrogens with one attached hydrogen (secondary N) is 1. The summed E-state index contributed by atoms with van der Waals surface area (Å²) < 4.78 is 5.40. The van der Waals surface area contributed by atoms with Gasteiger partial charge >= 0.3 is 0 Å². The summed E-state index contributed by atoms with van der Waals surface area (Å²) in [5, 5.41) is 7.49. The van der Waals surface area contributed by atoms with Gasteiger partial charge in [-0.25, -0.2) is 4.98 Å². The molecule has 90 valence electrons. The first kappa shape index (κ1) is 14.4. The molecular formula is C12H21N3O. The van der Waals surface area contributed by atoms with Gasteiger partial charge in [0.25, 0.3) is 0 Å². The van der Waals surface area contributed by atoms with Crippen molar-refractivity contribution in [2.24, 2.45) is 0 Å². The SMILES string of the molecule is CC.CC(=N)c1cc(OC(C)C)ncc1N. The predicted octanol–water partition coefficient (Wildman–Crippen LogP) is 2.86. The molecule has 0 aliphatic rings. The Kier molecular flexibility index (Phi) is 6.15. The Bertz CT molecular complexity index is 348. The summed E-state index contributed by atoms with van der Waals surface area (Å²) in [6.07, 6.45) is 1.59. The number of hydrogen-bond donors (Lipinski definition) is 2. The van der Waals surface area contributed by atoms with E-state index in [1.807, 2.05) is 27.7 Å². The smallest absolute Gasteiger partial charge is 0.214 e. The second-order valence-corrected chi connectivity index (χ2v) is 3.40. The van der Waals surface area contributed by atoms with Gasteiger partial charge in [0, 0.05) is 17.3 Å². The van der Waals surface area contributed by atoms with Crippen molar-refractivity contribution in [2.75, 3.05) is 5.73 Å². The van der Waals surface area contributed by atoms with Gasteiger partial charge in [-0.15, -0.1) is 0 Å². The summed E-state index contributed by atoms with van der Waals surface area (Å²) >= 11 is 0. The Labute approximate surface area is 97.4 Å². The molecule has 1 aromatic rings. The van der Waals surface area contributed by atoms with Gasteiger partial charge in [-0.1, -0.05) is 13.8 Å². The van der Waals surface area contributed by atoms with Crippen LogP contribution in [0.25, 0.3) is 0 Å². The molecule has 4 heteroatoms. The van der Waals surface area contributed by atoms with Crippen LogP contribution >= 0.6 is 0 Å². The molecule has 0 spiro atoms. The normalized spacial score (nSPS) is 9.38. The van der Waals surface area contributed by atoms with E-state index in [-0.39, 0.29) is 6.10 Å². The molecule has 1 heterocycles. The summed E-state index contributed by atoms with van der Waals surface area (Å²) in [6.45, 7) is 9.54. The van der Waals surface area contributed by atoms with Crippen LogP contribution in [-0.2, 0) is 0 Å². The number of pyridine rings is 1. The van der Waals surface area contributed by atoms with E-state index < -0.39 is 0 Å². The van der Waals surface area contributed by atoms with Gasteiger partial charge in [-0.2, -0.15) is 0 Å². The van der Waals surface area contributed by atoms with Crippen LogP contribution in [0.4, 0.5) is 5.69 Å². The number of rotatable bonds is 3. The minimum atomic E-state index is 0.0741. The minimum absolute atomic E-state index is 0.0741. The van der Waals surface area contributed by atoms with Crippen LogP contribution in [0.15, 0.2) is 12.3 Å². The molecule has 0 bridgehead atoms. The average Bonchev–Trinajstić information content (AvgIpc) is 2.23. The summed E-state index contributed by atoms with van der Waals surface area (Å²) in [6, 6.07) is 1.69. The quantitative estimate of drug-likeness (QED) is 0.774. The molecule has 0 radical (unpaired) electrons. The van der Waals surface area contributed by atoms with Gasteiger partial charge in [0.05, 0.1) is 18.0 Å². The number of ether oxygens (including phenoxy) is 1. The highest BCUT2D eigenvalue weighted by Crippen LogP contribution is 2.17. The van der Waals surface area contributed by atoms with Gasteiger partial charge < -0.3 is 15.9 Å². The van der Waals surface area contributed by atoms with Gasteiger partial charge in [0.1, 0.15) is 0 Å². The number of nitrogens with zero attached hydrogens (tertiary/aromatic N) is 1. The van der Waals surface area contributed by atoms with E-state index in [4.69, 9.17) is 15.9 Å². The van der Waals surface area contributed by atoms with Gasteiger partial charge in [-0.05, 0) is 20.8 Å². The molecule has 3 N–H and O–H groups in total. The van der Waals surface area contributed by atoms with E-state index in [0.29, 0.717) is 22.8 Å². The van der Waals surface area contributed by atoms with Crippen LogP contribution in [0.1, 0.15) is 40.2 Å². The molecule has 0 amide bonds. The molecule has 0 aliphatic heterocycles. The standard InChI is InChI=1S/C10H15N3O.C2H6/c1-6(2)14-10-4-8(7(3)11)9(12)5-13-10;1-2/h4-6,11H,12H2,1-3H3;1-2H3. The molecule has 0 saturated heterocycles. The Hall–Kier alpha value is -1.58. The molecule has 4 nitrogen and oxygen atoms in total. The van der Waals surface area contributed by atoms with Gasteiger partial charge in [0.2, 0.25) is 5.88 Å². The molecule has 1 aromatic heterocycles. The zero-order valence-corrected chi connectivity index (χ0v) is 10.7. The van der Waals surface area contributed by atoms with Crippen LogP contribution in [0.5, 0.6) is 5.88 Å². The second-order valence-electron chi connectivity index (χ2n) is 3.40. The fourth-order valence-electron chi connectivity index (χ4n) is 1.08. The Morgan fingerprint density at radius 1 is 1.44 bits per heavy atom. The predicted molar refractivity (Wildman–Crippen MR) is 68.3 cm³/mol. The van der Waals surface area contributed by atoms with Gasteiger partial charge in [0.15, 0.2) is 0 Å². The van der Waals surface area contributed by atoms with Crippen LogP contribution < -0.4 is 10.5 Å².